The average molecular weight is 532 g/mol. The van der Waals surface area contributed by atoms with Crippen LogP contribution in [-0.4, -0.2) is 27.3 Å². The normalized spacial score (nSPS) is 10.4. The Morgan fingerprint density at radius 2 is 1.42 bits per heavy atom. The molecule has 0 atom stereocenters. The number of hydrogen-bond donors (Lipinski definition) is 2. The molecule has 5 nitrogen and oxygen atoms in total. The maximum Gasteiger partial charge on any atom is 0.101 e. The molecule has 2 heterocycles. The highest BCUT2D eigenvalue weighted by Gasteiger charge is 2.05. The number of aromatic nitrogens is 2. The number of fused-ring (bicyclic) bond motifs is 2. The Morgan fingerprint density at radius 3 is 1.94 bits per heavy atom. The number of hydrogen-bond acceptors (Lipinski definition) is 5. The van der Waals surface area contributed by atoms with Crippen molar-refractivity contribution in [3.63, 3.8) is 0 Å². The number of aryl methyl sites for hydroxylation is 2. The molecule has 0 aliphatic carbocycles. The first-order chi connectivity index (χ1) is 15.4. The van der Waals surface area contributed by atoms with Gasteiger partial charge in [0.2, 0.25) is 0 Å². The van der Waals surface area contributed by atoms with E-state index in [0.29, 0.717) is 11.1 Å². The fraction of sp³-hybridized carbons (Fsp3) is 0.208. The molecule has 7 heteroatoms. The monoisotopic (exact) mass is 532 g/mol. The number of aliphatic hydroxyl groups excluding tert-OH is 2. The predicted octanol–water partition coefficient (Wildman–Crippen LogP) is 5.13. The lowest BCUT2D eigenvalue weighted by molar-refractivity contribution is 0.281. The lowest BCUT2D eigenvalue weighted by Crippen LogP contribution is -1.90. The molecule has 0 saturated heterocycles. The molecule has 31 heavy (non-hydrogen) atoms. The van der Waals surface area contributed by atoms with Crippen molar-refractivity contribution in [2.24, 2.45) is 0 Å². The molecule has 0 aliphatic rings. The molecule has 160 valence electrons. The van der Waals surface area contributed by atoms with E-state index in [-0.39, 0.29) is 13.2 Å². The number of nitrogens with zero attached hydrogens (tertiary/aromatic N) is 3. The zero-order valence-corrected chi connectivity index (χ0v) is 19.4. The predicted molar refractivity (Wildman–Crippen MR) is 129 cm³/mol. The molecular formula is C24H23FIN3O2. The van der Waals surface area contributed by atoms with Crippen LogP contribution in [0.1, 0.15) is 29.2 Å². The SMILES string of the molecule is Cc1cnc2c(C#N)cc(CO)cc2c1.Cc1cnc2c(I)cc(CO)cc2c1.[2H]CF. The van der Waals surface area contributed by atoms with Crippen molar-refractivity contribution in [1.82, 2.24) is 9.97 Å². The Bertz CT molecular complexity index is 1260. The maximum absolute atomic E-state index is 9.96. The molecule has 0 saturated carbocycles. The van der Waals surface area contributed by atoms with Gasteiger partial charge in [-0.15, -0.1) is 0 Å². The van der Waals surface area contributed by atoms with E-state index in [0.717, 1.165) is 42.1 Å². The van der Waals surface area contributed by atoms with Gasteiger partial charge in [-0.1, -0.05) is 0 Å². The van der Waals surface area contributed by atoms with Gasteiger partial charge in [-0.25, -0.2) is 0 Å². The molecule has 0 spiro atoms. The largest absolute Gasteiger partial charge is 0.392 e. The van der Waals surface area contributed by atoms with Crippen LogP contribution in [0.5, 0.6) is 0 Å². The Kier molecular flexibility index (Phi) is 8.64. The van der Waals surface area contributed by atoms with E-state index in [4.69, 9.17) is 16.8 Å². The molecule has 4 aromatic rings. The number of alkyl halides is 1. The molecule has 4 rings (SSSR count). The van der Waals surface area contributed by atoms with Crippen LogP contribution < -0.4 is 0 Å². The van der Waals surface area contributed by atoms with E-state index in [2.05, 4.69) is 44.7 Å². The first-order valence-corrected chi connectivity index (χ1v) is 10.4. The summed E-state index contributed by atoms with van der Waals surface area (Å²) in [5.41, 5.74) is 6.08. The van der Waals surface area contributed by atoms with Crippen molar-refractivity contribution in [1.29, 1.82) is 5.26 Å². The first-order valence-electron chi connectivity index (χ1n) is 9.98. The summed E-state index contributed by atoms with van der Waals surface area (Å²) < 4.78 is 16.6. The summed E-state index contributed by atoms with van der Waals surface area (Å²) >= 11 is 2.25. The smallest absolute Gasteiger partial charge is 0.101 e. The van der Waals surface area contributed by atoms with Gasteiger partial charge in [0.15, 0.2) is 0 Å². The van der Waals surface area contributed by atoms with E-state index < -0.39 is 7.15 Å². The lowest BCUT2D eigenvalue weighted by Gasteiger charge is -2.04. The first kappa shape index (κ1) is 23.0. The van der Waals surface area contributed by atoms with Crippen molar-refractivity contribution in [2.75, 3.05) is 7.15 Å². The molecule has 0 amide bonds. The van der Waals surface area contributed by atoms with Crippen LogP contribution in [0.25, 0.3) is 21.8 Å². The van der Waals surface area contributed by atoms with Crippen LogP contribution in [0, 0.1) is 28.7 Å². The molecule has 2 N–H and O–H groups in total. The van der Waals surface area contributed by atoms with Gasteiger partial charge in [0, 0.05) is 26.7 Å². The molecule has 2 aromatic heterocycles. The van der Waals surface area contributed by atoms with Crippen LogP contribution >= 0.6 is 22.6 Å². The van der Waals surface area contributed by atoms with Crippen molar-refractivity contribution < 1.29 is 16.0 Å². The Morgan fingerprint density at radius 1 is 0.935 bits per heavy atom. The Labute approximate surface area is 195 Å². The van der Waals surface area contributed by atoms with Gasteiger partial charge >= 0.3 is 0 Å². The van der Waals surface area contributed by atoms with E-state index in [1.165, 1.54) is 0 Å². The highest BCUT2D eigenvalue weighted by molar-refractivity contribution is 14.1. The van der Waals surface area contributed by atoms with Crippen molar-refractivity contribution in [2.45, 2.75) is 27.1 Å². The fourth-order valence-electron chi connectivity index (χ4n) is 3.06. The zero-order valence-electron chi connectivity index (χ0n) is 18.2. The molecule has 0 fully saturated rings. The third-order valence-electron chi connectivity index (χ3n) is 4.40. The highest BCUT2D eigenvalue weighted by atomic mass is 127. The second kappa shape index (κ2) is 11.6. The maximum atomic E-state index is 9.96. The number of aliphatic hydroxyl groups is 2. The summed E-state index contributed by atoms with van der Waals surface area (Å²) in [6, 6.07) is 13.6. The number of halogens is 2. The molecule has 0 radical (unpaired) electrons. The number of rotatable bonds is 2. The van der Waals surface area contributed by atoms with E-state index >= 15 is 0 Å². The van der Waals surface area contributed by atoms with Gasteiger partial charge in [-0.2, -0.15) is 5.26 Å². The van der Waals surface area contributed by atoms with Crippen LogP contribution in [0.2, 0.25) is 0 Å². The summed E-state index contributed by atoms with van der Waals surface area (Å²) in [6.45, 7) is 3.99. The van der Waals surface area contributed by atoms with Crippen molar-refractivity contribution >= 4 is 44.4 Å². The zero-order chi connectivity index (χ0) is 23.7. The second-order valence-corrected chi connectivity index (χ2v) is 7.98. The summed E-state index contributed by atoms with van der Waals surface area (Å²) in [5, 5.41) is 29.1. The fourth-order valence-corrected chi connectivity index (χ4v) is 3.91. The van der Waals surface area contributed by atoms with Crippen molar-refractivity contribution in [3.05, 3.63) is 80.2 Å². The molecule has 2 aromatic carbocycles. The number of nitriles is 1. The third kappa shape index (κ3) is 6.17. The van der Waals surface area contributed by atoms with Gasteiger partial charge in [0.25, 0.3) is 0 Å². The molecular weight excluding hydrogens is 508 g/mol. The minimum Gasteiger partial charge on any atom is -0.392 e. The van der Waals surface area contributed by atoms with E-state index in [1.54, 1.807) is 12.3 Å². The summed E-state index contributed by atoms with van der Waals surface area (Å²) in [5.74, 6) is 0. The Hall–Kier alpha value is -2.67. The minimum absolute atomic E-state index is 0.0570. The van der Waals surface area contributed by atoms with Gasteiger partial charge in [0.05, 0.1) is 38.3 Å². The number of benzene rings is 2. The summed E-state index contributed by atoms with van der Waals surface area (Å²) in [4.78, 5) is 8.59. The van der Waals surface area contributed by atoms with E-state index in [9.17, 15) is 4.39 Å². The highest BCUT2D eigenvalue weighted by Crippen LogP contribution is 2.22. The molecule has 0 unspecified atom stereocenters. The van der Waals surface area contributed by atoms with Gasteiger partial charge in [0.1, 0.15) is 6.07 Å². The standard InChI is InChI=1S/C12H10N2O.C11H10INO.CH3F/c1-8-2-10-3-9(7-15)4-11(5-13)12(10)14-6-8;1-7-2-9-3-8(6-14)4-10(12)11(9)13-5-7;1-2/h2-4,6,15H,7H2,1H3;2-5,14H,6H2,1H3;1H3/i;;1D. The number of pyridine rings is 2. The minimum atomic E-state index is -1.00. The molecule has 0 aliphatic heterocycles. The lowest BCUT2D eigenvalue weighted by atomic mass is 10.1. The van der Waals surface area contributed by atoms with Crippen LogP contribution in [0.15, 0.2) is 48.8 Å². The topological polar surface area (TPSA) is 90.0 Å². The summed E-state index contributed by atoms with van der Waals surface area (Å²) in [6.07, 6.45) is 3.60. The molecule has 0 bridgehead atoms. The van der Waals surface area contributed by atoms with Gasteiger partial charge in [-0.05, 0) is 95.1 Å². The third-order valence-corrected chi connectivity index (χ3v) is 5.22. The van der Waals surface area contributed by atoms with Crippen LogP contribution in [0.4, 0.5) is 4.39 Å². The average Bonchev–Trinajstić information content (AvgIpc) is 2.78. The van der Waals surface area contributed by atoms with Crippen molar-refractivity contribution in [3.8, 4) is 6.07 Å². The summed E-state index contributed by atoms with van der Waals surface area (Å²) in [7, 11) is -1.00. The Balaban J connectivity index is 0.000000203. The van der Waals surface area contributed by atoms with Crippen LogP contribution in [-0.2, 0) is 13.2 Å². The van der Waals surface area contributed by atoms with E-state index in [1.807, 2.05) is 44.3 Å². The quantitative estimate of drug-likeness (QED) is 0.350. The van der Waals surface area contributed by atoms with Gasteiger partial charge in [-0.3, -0.25) is 14.4 Å². The second-order valence-electron chi connectivity index (χ2n) is 6.82. The van der Waals surface area contributed by atoms with Gasteiger partial charge < -0.3 is 10.2 Å². The van der Waals surface area contributed by atoms with Crippen LogP contribution in [0.3, 0.4) is 0 Å².